The minimum atomic E-state index is 0.183. The zero-order chi connectivity index (χ0) is 14.0. The third kappa shape index (κ3) is 2.90. The van der Waals surface area contributed by atoms with Crippen LogP contribution in [0.25, 0.3) is 0 Å². The topological polar surface area (TPSA) is 43.4 Å². The SMILES string of the molecule is COc1cc(C)nc(CNC2CC(OC)C2(C)C)c1. The number of hydrogen-bond acceptors (Lipinski definition) is 4. The molecule has 1 N–H and O–H groups in total. The molecule has 4 nitrogen and oxygen atoms in total. The molecule has 1 heterocycles. The van der Waals surface area contributed by atoms with Crippen LogP contribution in [0.15, 0.2) is 12.1 Å². The quantitative estimate of drug-likeness (QED) is 0.886. The average molecular weight is 264 g/mol. The molecule has 1 aromatic rings. The number of aryl methyl sites for hydroxylation is 1. The van der Waals surface area contributed by atoms with E-state index in [1.807, 2.05) is 19.1 Å². The lowest BCUT2D eigenvalue weighted by atomic mass is 9.64. The summed E-state index contributed by atoms with van der Waals surface area (Å²) in [6, 6.07) is 4.41. The van der Waals surface area contributed by atoms with Crippen molar-refractivity contribution in [1.29, 1.82) is 0 Å². The molecule has 0 saturated heterocycles. The van der Waals surface area contributed by atoms with Crippen LogP contribution in [0, 0.1) is 12.3 Å². The standard InChI is InChI=1S/C15H24N2O2/c1-10-6-12(18-4)7-11(17-10)9-16-13-8-14(19-5)15(13,2)3/h6-7,13-14,16H,8-9H2,1-5H3. The van der Waals surface area contributed by atoms with Gasteiger partial charge < -0.3 is 14.8 Å². The number of nitrogens with one attached hydrogen (secondary N) is 1. The van der Waals surface area contributed by atoms with Crippen LogP contribution in [-0.2, 0) is 11.3 Å². The molecule has 0 aromatic carbocycles. The third-order valence-corrected chi connectivity index (χ3v) is 4.21. The first-order valence-electron chi connectivity index (χ1n) is 6.75. The fraction of sp³-hybridized carbons (Fsp3) is 0.667. The first-order valence-corrected chi connectivity index (χ1v) is 6.75. The molecule has 0 bridgehead atoms. The van der Waals surface area contributed by atoms with E-state index in [9.17, 15) is 0 Å². The molecule has 0 aliphatic heterocycles. The molecule has 0 spiro atoms. The highest BCUT2D eigenvalue weighted by Crippen LogP contribution is 2.42. The molecule has 1 fully saturated rings. The summed E-state index contributed by atoms with van der Waals surface area (Å²) in [4.78, 5) is 4.53. The van der Waals surface area contributed by atoms with E-state index in [4.69, 9.17) is 9.47 Å². The van der Waals surface area contributed by atoms with Gasteiger partial charge in [-0.2, -0.15) is 0 Å². The van der Waals surface area contributed by atoms with Gasteiger partial charge in [-0.15, -0.1) is 0 Å². The Kier molecular flexibility index (Phi) is 4.11. The van der Waals surface area contributed by atoms with Crippen LogP contribution in [0.3, 0.4) is 0 Å². The minimum Gasteiger partial charge on any atom is -0.497 e. The fourth-order valence-electron chi connectivity index (χ4n) is 2.77. The number of rotatable bonds is 5. The van der Waals surface area contributed by atoms with Crippen LogP contribution < -0.4 is 10.1 Å². The summed E-state index contributed by atoms with van der Waals surface area (Å²) in [5.41, 5.74) is 2.19. The highest BCUT2D eigenvalue weighted by Gasteiger charge is 2.48. The predicted octanol–water partition coefficient (Wildman–Crippen LogP) is 2.30. The lowest BCUT2D eigenvalue weighted by Gasteiger charge is -2.51. The largest absolute Gasteiger partial charge is 0.497 e. The molecule has 0 amide bonds. The Labute approximate surface area is 115 Å². The van der Waals surface area contributed by atoms with E-state index in [-0.39, 0.29) is 5.41 Å². The summed E-state index contributed by atoms with van der Waals surface area (Å²) in [6.07, 6.45) is 1.41. The van der Waals surface area contributed by atoms with E-state index in [1.54, 1.807) is 14.2 Å². The van der Waals surface area contributed by atoms with Crippen molar-refractivity contribution in [3.05, 3.63) is 23.5 Å². The number of nitrogens with zero attached hydrogens (tertiary/aromatic N) is 1. The van der Waals surface area contributed by atoms with Crippen LogP contribution in [0.4, 0.5) is 0 Å². The molecule has 2 rings (SSSR count). The molecule has 106 valence electrons. The van der Waals surface area contributed by atoms with E-state index in [0.29, 0.717) is 12.1 Å². The second-order valence-corrected chi connectivity index (χ2v) is 5.85. The zero-order valence-corrected chi connectivity index (χ0v) is 12.5. The van der Waals surface area contributed by atoms with Crippen LogP contribution >= 0.6 is 0 Å². The number of methoxy groups -OCH3 is 2. The maximum absolute atomic E-state index is 5.46. The lowest BCUT2D eigenvalue weighted by molar-refractivity contribution is -0.0979. The Hall–Kier alpha value is -1.13. The average Bonchev–Trinajstić information content (AvgIpc) is 2.37. The van der Waals surface area contributed by atoms with Crippen LogP contribution in [0.1, 0.15) is 31.7 Å². The number of ether oxygens (including phenoxy) is 2. The third-order valence-electron chi connectivity index (χ3n) is 4.21. The van der Waals surface area contributed by atoms with Gasteiger partial charge >= 0.3 is 0 Å². The van der Waals surface area contributed by atoms with Gasteiger partial charge in [0.25, 0.3) is 0 Å². The number of pyridine rings is 1. The van der Waals surface area contributed by atoms with Gasteiger partial charge in [-0.3, -0.25) is 4.98 Å². The first kappa shape index (κ1) is 14.3. The van der Waals surface area contributed by atoms with Crippen LogP contribution in [0.5, 0.6) is 5.75 Å². The predicted molar refractivity (Wildman–Crippen MR) is 75.3 cm³/mol. The van der Waals surface area contributed by atoms with Gasteiger partial charge in [0, 0.05) is 42.9 Å². The summed E-state index contributed by atoms with van der Waals surface area (Å²) < 4.78 is 10.7. The lowest BCUT2D eigenvalue weighted by Crippen LogP contribution is -2.60. The van der Waals surface area contributed by atoms with Crippen molar-refractivity contribution in [2.45, 2.75) is 45.9 Å². The Morgan fingerprint density at radius 2 is 2.11 bits per heavy atom. The van der Waals surface area contributed by atoms with Crippen molar-refractivity contribution in [1.82, 2.24) is 10.3 Å². The van der Waals surface area contributed by atoms with Gasteiger partial charge in [-0.05, 0) is 13.3 Å². The van der Waals surface area contributed by atoms with Crippen molar-refractivity contribution in [3.63, 3.8) is 0 Å². The molecular weight excluding hydrogens is 240 g/mol. The molecule has 1 aliphatic carbocycles. The van der Waals surface area contributed by atoms with Crippen molar-refractivity contribution >= 4 is 0 Å². The Morgan fingerprint density at radius 1 is 1.37 bits per heavy atom. The van der Waals surface area contributed by atoms with Gasteiger partial charge in [0.1, 0.15) is 5.75 Å². The molecule has 0 radical (unpaired) electrons. The minimum absolute atomic E-state index is 0.183. The van der Waals surface area contributed by atoms with Gasteiger partial charge in [-0.25, -0.2) is 0 Å². The monoisotopic (exact) mass is 264 g/mol. The Balaban J connectivity index is 1.95. The number of hydrogen-bond donors (Lipinski definition) is 1. The highest BCUT2D eigenvalue weighted by molar-refractivity contribution is 5.26. The van der Waals surface area contributed by atoms with Crippen LogP contribution in [-0.4, -0.2) is 31.3 Å². The summed E-state index contributed by atoms with van der Waals surface area (Å²) in [5, 5.41) is 3.57. The second kappa shape index (κ2) is 5.47. The van der Waals surface area contributed by atoms with Gasteiger partial charge in [0.15, 0.2) is 0 Å². The maximum Gasteiger partial charge on any atom is 0.122 e. The Morgan fingerprint density at radius 3 is 2.68 bits per heavy atom. The summed E-state index contributed by atoms with van der Waals surface area (Å²) in [5.74, 6) is 0.868. The van der Waals surface area contributed by atoms with Gasteiger partial charge in [0.2, 0.25) is 0 Å². The van der Waals surface area contributed by atoms with E-state index in [1.165, 1.54) is 0 Å². The van der Waals surface area contributed by atoms with Gasteiger partial charge in [-0.1, -0.05) is 13.8 Å². The van der Waals surface area contributed by atoms with Crippen LogP contribution in [0.2, 0.25) is 0 Å². The molecule has 1 aromatic heterocycles. The first-order chi connectivity index (χ1) is 8.97. The normalized spacial score (nSPS) is 24.9. The summed E-state index contributed by atoms with van der Waals surface area (Å²) in [6.45, 7) is 7.24. The van der Waals surface area contributed by atoms with E-state index in [0.717, 1.165) is 30.1 Å². The smallest absolute Gasteiger partial charge is 0.122 e. The Bertz CT molecular complexity index is 446. The zero-order valence-electron chi connectivity index (χ0n) is 12.5. The van der Waals surface area contributed by atoms with Crippen molar-refractivity contribution in [2.75, 3.05) is 14.2 Å². The number of aromatic nitrogens is 1. The van der Waals surface area contributed by atoms with E-state index < -0.39 is 0 Å². The second-order valence-electron chi connectivity index (χ2n) is 5.85. The van der Waals surface area contributed by atoms with Crippen molar-refractivity contribution in [3.8, 4) is 5.75 Å². The summed E-state index contributed by atoms with van der Waals surface area (Å²) in [7, 11) is 3.47. The van der Waals surface area contributed by atoms with E-state index in [2.05, 4.69) is 24.1 Å². The molecule has 4 heteroatoms. The van der Waals surface area contributed by atoms with Crippen molar-refractivity contribution < 1.29 is 9.47 Å². The fourth-order valence-corrected chi connectivity index (χ4v) is 2.77. The summed E-state index contributed by atoms with van der Waals surface area (Å²) >= 11 is 0. The highest BCUT2D eigenvalue weighted by atomic mass is 16.5. The molecule has 1 aliphatic rings. The molecular formula is C15H24N2O2. The molecule has 1 saturated carbocycles. The van der Waals surface area contributed by atoms with Gasteiger partial charge in [0.05, 0.1) is 18.9 Å². The van der Waals surface area contributed by atoms with E-state index >= 15 is 0 Å². The molecule has 19 heavy (non-hydrogen) atoms. The van der Waals surface area contributed by atoms with Crippen molar-refractivity contribution in [2.24, 2.45) is 5.41 Å². The molecule has 2 unspecified atom stereocenters. The maximum atomic E-state index is 5.46. The molecule has 2 atom stereocenters.